The van der Waals surface area contributed by atoms with Crippen molar-refractivity contribution >= 4 is 6.03 Å². The summed E-state index contributed by atoms with van der Waals surface area (Å²) in [5, 5.41) is 7.51. The van der Waals surface area contributed by atoms with Crippen LogP contribution >= 0.6 is 0 Å². The van der Waals surface area contributed by atoms with E-state index in [1.165, 1.54) is 38.6 Å². The summed E-state index contributed by atoms with van der Waals surface area (Å²) >= 11 is 0. The van der Waals surface area contributed by atoms with Crippen LogP contribution in [0.2, 0.25) is 0 Å². The molecule has 30 heavy (non-hydrogen) atoms. The molecule has 168 valence electrons. The van der Waals surface area contributed by atoms with Crippen LogP contribution in [0.1, 0.15) is 63.6 Å². The summed E-state index contributed by atoms with van der Waals surface area (Å²) in [5.41, 5.74) is 0.00148. The number of urea groups is 1. The molecule has 0 aromatic carbocycles. The number of rotatable bonds is 6. The lowest BCUT2D eigenvalue weighted by molar-refractivity contribution is 0.189. The van der Waals surface area contributed by atoms with Crippen molar-refractivity contribution in [3.63, 3.8) is 0 Å². The normalized spacial score (nSPS) is 21.3. The second kappa shape index (κ2) is 10.5. The molecule has 1 saturated heterocycles. The fourth-order valence-electron chi connectivity index (χ4n) is 5.22. The van der Waals surface area contributed by atoms with Gasteiger partial charge in [-0.05, 0) is 51.0 Å². The van der Waals surface area contributed by atoms with E-state index >= 15 is 0 Å². The molecular formula is C22H38N6O2. The number of aryl methyl sites for hydroxylation is 2. The summed E-state index contributed by atoms with van der Waals surface area (Å²) < 4.78 is 3.38. The monoisotopic (exact) mass is 418 g/mol. The third-order valence-electron chi connectivity index (χ3n) is 6.97. The van der Waals surface area contributed by atoms with E-state index in [9.17, 15) is 9.59 Å². The van der Waals surface area contributed by atoms with Gasteiger partial charge in [0.1, 0.15) is 5.82 Å². The van der Waals surface area contributed by atoms with Crippen molar-refractivity contribution in [3.8, 4) is 0 Å². The second-order valence-electron chi connectivity index (χ2n) is 9.26. The topological polar surface area (TPSA) is 75.4 Å². The molecule has 1 N–H and O–H groups in total. The first kappa shape index (κ1) is 21.4. The quantitative estimate of drug-likeness (QED) is 0.718. The van der Waals surface area contributed by atoms with E-state index in [1.54, 1.807) is 9.25 Å². The van der Waals surface area contributed by atoms with Crippen molar-refractivity contribution in [2.75, 3.05) is 39.3 Å². The molecule has 0 atom stereocenters. The third-order valence-corrected chi connectivity index (χ3v) is 6.97. The lowest BCUT2D eigenvalue weighted by Crippen LogP contribution is -2.43. The van der Waals surface area contributed by atoms with Gasteiger partial charge in [-0.1, -0.05) is 19.3 Å². The van der Waals surface area contributed by atoms with Crippen LogP contribution < -0.4 is 11.0 Å². The number of fused-ring (bicyclic) bond motifs is 1. The zero-order valence-corrected chi connectivity index (χ0v) is 18.4. The number of carbonyl (C=O) groups is 1. The number of nitrogens with zero attached hydrogens (tertiary/aromatic N) is 5. The first-order chi connectivity index (χ1) is 14.7. The van der Waals surface area contributed by atoms with Gasteiger partial charge in [-0.3, -0.25) is 4.57 Å². The summed E-state index contributed by atoms with van der Waals surface area (Å²) in [6.07, 6.45) is 11.8. The standard InChI is InChI=1S/C22H38N6O2/c29-21(23-11-6-15-28-22(30)27-14-5-4-10-20(27)24-28)26-13-7-12-25(16-17-26)18-19-8-2-1-3-9-19/h19H,1-18H2,(H,23,29). The van der Waals surface area contributed by atoms with Crippen molar-refractivity contribution in [2.45, 2.75) is 77.3 Å². The second-order valence-corrected chi connectivity index (χ2v) is 9.26. The Morgan fingerprint density at radius 1 is 0.967 bits per heavy atom. The Kier molecular flexibility index (Phi) is 7.47. The molecule has 1 aromatic rings. The first-order valence-corrected chi connectivity index (χ1v) is 12.1. The van der Waals surface area contributed by atoms with Crippen LogP contribution in [0.15, 0.2) is 4.79 Å². The van der Waals surface area contributed by atoms with Gasteiger partial charge in [0.2, 0.25) is 0 Å². The van der Waals surface area contributed by atoms with E-state index in [1.807, 2.05) is 4.90 Å². The predicted molar refractivity (Wildman–Crippen MR) is 117 cm³/mol. The smallest absolute Gasteiger partial charge is 0.338 e. The molecule has 0 spiro atoms. The number of nitrogens with one attached hydrogen (secondary N) is 1. The number of hydrogen-bond donors (Lipinski definition) is 1. The molecule has 2 fully saturated rings. The van der Waals surface area contributed by atoms with Gasteiger partial charge in [0.05, 0.1) is 0 Å². The molecular weight excluding hydrogens is 380 g/mol. The average Bonchev–Trinajstić information content (AvgIpc) is 2.93. The highest BCUT2D eigenvalue weighted by Gasteiger charge is 2.22. The molecule has 3 aliphatic rings. The lowest BCUT2D eigenvalue weighted by atomic mass is 9.89. The van der Waals surface area contributed by atoms with Gasteiger partial charge >= 0.3 is 11.7 Å². The zero-order valence-electron chi connectivity index (χ0n) is 18.4. The fraction of sp³-hybridized carbons (Fsp3) is 0.864. The Hall–Kier alpha value is -1.83. The molecule has 1 aromatic heterocycles. The van der Waals surface area contributed by atoms with E-state index < -0.39 is 0 Å². The number of aromatic nitrogens is 3. The highest BCUT2D eigenvalue weighted by molar-refractivity contribution is 5.74. The predicted octanol–water partition coefficient (Wildman–Crippen LogP) is 2.07. The molecule has 0 unspecified atom stereocenters. The van der Waals surface area contributed by atoms with Gasteiger partial charge in [-0.15, -0.1) is 0 Å². The van der Waals surface area contributed by atoms with Gasteiger partial charge in [-0.2, -0.15) is 5.10 Å². The SMILES string of the molecule is O=C(NCCCn1nc2n(c1=O)CCCC2)N1CCCN(CC2CCCCC2)CC1. The Bertz CT molecular complexity index is 751. The Morgan fingerprint density at radius 3 is 2.67 bits per heavy atom. The van der Waals surface area contributed by atoms with Crippen LogP contribution in [0.5, 0.6) is 0 Å². The van der Waals surface area contributed by atoms with Gasteiger partial charge in [0.15, 0.2) is 0 Å². The summed E-state index contributed by atoms with van der Waals surface area (Å²) in [6, 6.07) is 0.0333. The first-order valence-electron chi connectivity index (χ1n) is 12.1. The number of amides is 2. The molecule has 0 bridgehead atoms. The van der Waals surface area contributed by atoms with Gasteiger partial charge in [0, 0.05) is 52.2 Å². The minimum atomic E-state index is 0.00148. The molecule has 1 aliphatic carbocycles. The molecule has 2 amide bonds. The maximum Gasteiger partial charge on any atom is 0.345 e. The number of hydrogen-bond acceptors (Lipinski definition) is 4. The summed E-state index contributed by atoms with van der Waals surface area (Å²) in [4.78, 5) is 29.5. The fourth-order valence-corrected chi connectivity index (χ4v) is 5.22. The van der Waals surface area contributed by atoms with Crippen LogP contribution in [0.4, 0.5) is 4.79 Å². The van der Waals surface area contributed by atoms with Crippen LogP contribution in [-0.4, -0.2) is 69.4 Å². The van der Waals surface area contributed by atoms with E-state index in [-0.39, 0.29) is 11.7 Å². The highest BCUT2D eigenvalue weighted by atomic mass is 16.2. The highest BCUT2D eigenvalue weighted by Crippen LogP contribution is 2.24. The van der Waals surface area contributed by atoms with E-state index in [0.29, 0.717) is 13.1 Å². The van der Waals surface area contributed by atoms with Gasteiger partial charge in [0.25, 0.3) is 0 Å². The Morgan fingerprint density at radius 2 is 1.83 bits per heavy atom. The largest absolute Gasteiger partial charge is 0.345 e. The van der Waals surface area contributed by atoms with Crippen LogP contribution in [0.3, 0.4) is 0 Å². The lowest BCUT2D eigenvalue weighted by Gasteiger charge is -2.28. The minimum absolute atomic E-state index is 0.00148. The summed E-state index contributed by atoms with van der Waals surface area (Å²) in [6.45, 7) is 6.88. The molecule has 4 rings (SSSR count). The van der Waals surface area contributed by atoms with Gasteiger partial charge in [-0.25, -0.2) is 14.3 Å². The molecule has 2 aliphatic heterocycles. The summed E-state index contributed by atoms with van der Waals surface area (Å²) in [7, 11) is 0. The summed E-state index contributed by atoms with van der Waals surface area (Å²) in [5.74, 6) is 1.77. The van der Waals surface area contributed by atoms with Crippen LogP contribution in [0.25, 0.3) is 0 Å². The van der Waals surface area contributed by atoms with Gasteiger partial charge < -0.3 is 15.1 Å². The molecule has 8 heteroatoms. The molecule has 8 nitrogen and oxygen atoms in total. The van der Waals surface area contributed by atoms with E-state index in [2.05, 4.69) is 15.3 Å². The van der Waals surface area contributed by atoms with Crippen molar-refractivity contribution in [2.24, 2.45) is 5.92 Å². The van der Waals surface area contributed by atoms with Crippen molar-refractivity contribution in [1.82, 2.24) is 29.5 Å². The molecule has 1 saturated carbocycles. The van der Waals surface area contributed by atoms with E-state index in [4.69, 9.17) is 0 Å². The van der Waals surface area contributed by atoms with E-state index in [0.717, 1.165) is 76.6 Å². The maximum absolute atomic E-state index is 12.6. The maximum atomic E-state index is 12.6. The zero-order chi connectivity index (χ0) is 20.8. The average molecular weight is 419 g/mol. The van der Waals surface area contributed by atoms with Crippen molar-refractivity contribution < 1.29 is 4.79 Å². The Balaban J connectivity index is 1.16. The molecule has 3 heterocycles. The number of carbonyl (C=O) groups excluding carboxylic acids is 1. The van der Waals surface area contributed by atoms with Crippen molar-refractivity contribution in [1.29, 1.82) is 0 Å². The van der Waals surface area contributed by atoms with Crippen LogP contribution in [-0.2, 0) is 19.5 Å². The molecule has 0 radical (unpaired) electrons. The Labute approximate surface area is 179 Å². The van der Waals surface area contributed by atoms with Crippen molar-refractivity contribution in [3.05, 3.63) is 16.3 Å². The van der Waals surface area contributed by atoms with Crippen LogP contribution in [0, 0.1) is 5.92 Å². The third kappa shape index (κ3) is 5.45. The minimum Gasteiger partial charge on any atom is -0.338 e.